The molecule has 0 fully saturated rings. The molecule has 0 aromatic heterocycles. The lowest BCUT2D eigenvalue weighted by Crippen LogP contribution is -2.35. The molecule has 0 radical (unpaired) electrons. The van der Waals surface area contributed by atoms with Crippen LogP contribution < -0.4 is 15.2 Å². The number of benzene rings is 1. The highest BCUT2D eigenvalue weighted by Crippen LogP contribution is 2.28. The van der Waals surface area contributed by atoms with Gasteiger partial charge in [-0.1, -0.05) is 0 Å². The number of rotatable bonds is 5. The fourth-order valence-electron chi connectivity index (χ4n) is 1.33. The average molecular weight is 278 g/mol. The van der Waals surface area contributed by atoms with E-state index in [-0.39, 0.29) is 22.9 Å². The van der Waals surface area contributed by atoms with Gasteiger partial charge in [0.1, 0.15) is 0 Å². The summed E-state index contributed by atoms with van der Waals surface area (Å²) < 4.78 is 44.0. The van der Waals surface area contributed by atoms with Crippen LogP contribution >= 0.6 is 0 Å². The van der Waals surface area contributed by atoms with Crippen molar-refractivity contribution in [1.29, 1.82) is 0 Å². The standard InChI is InChI=1S/C10H15FN2O4S/c1-6(5-14)13-18(15,16)7-3-8(11)10(17-2)9(12)4-7/h3-4,6,13-14H,5,12H2,1-2H3/t6-/m1/s1. The van der Waals surface area contributed by atoms with Crippen LogP contribution in [0.25, 0.3) is 0 Å². The van der Waals surface area contributed by atoms with Crippen molar-refractivity contribution in [2.75, 3.05) is 19.5 Å². The fraction of sp³-hybridized carbons (Fsp3) is 0.400. The second kappa shape index (κ2) is 5.51. The number of nitrogen functional groups attached to an aromatic ring is 1. The third kappa shape index (κ3) is 3.09. The molecule has 1 rings (SSSR count). The number of aliphatic hydroxyl groups is 1. The lowest BCUT2D eigenvalue weighted by Gasteiger charge is -2.13. The first-order chi connectivity index (χ1) is 8.31. The molecule has 1 atom stereocenters. The molecule has 0 bridgehead atoms. The summed E-state index contributed by atoms with van der Waals surface area (Å²) in [4.78, 5) is -0.321. The van der Waals surface area contributed by atoms with Crippen molar-refractivity contribution in [1.82, 2.24) is 4.72 Å². The Hall–Kier alpha value is -1.38. The lowest BCUT2D eigenvalue weighted by molar-refractivity contribution is 0.265. The summed E-state index contributed by atoms with van der Waals surface area (Å²) in [6, 6.07) is 1.22. The van der Waals surface area contributed by atoms with Crippen molar-refractivity contribution in [2.24, 2.45) is 0 Å². The highest BCUT2D eigenvalue weighted by molar-refractivity contribution is 7.89. The van der Waals surface area contributed by atoms with E-state index in [2.05, 4.69) is 4.72 Å². The zero-order valence-electron chi connectivity index (χ0n) is 9.97. The molecule has 0 aliphatic rings. The van der Waals surface area contributed by atoms with E-state index >= 15 is 0 Å². The van der Waals surface area contributed by atoms with Crippen LogP contribution in [0.2, 0.25) is 0 Å². The number of ether oxygens (including phenoxy) is 1. The number of sulfonamides is 1. The molecule has 0 aliphatic heterocycles. The molecule has 0 heterocycles. The molecule has 0 amide bonds. The Morgan fingerprint density at radius 3 is 2.61 bits per heavy atom. The van der Waals surface area contributed by atoms with Crippen molar-refractivity contribution < 1.29 is 22.7 Å². The summed E-state index contributed by atoms with van der Waals surface area (Å²) in [6.07, 6.45) is 0. The van der Waals surface area contributed by atoms with E-state index in [0.717, 1.165) is 12.1 Å². The van der Waals surface area contributed by atoms with Gasteiger partial charge in [-0.05, 0) is 19.1 Å². The number of methoxy groups -OCH3 is 1. The third-order valence-corrected chi connectivity index (χ3v) is 3.76. The number of nitrogens with two attached hydrogens (primary N) is 1. The first kappa shape index (κ1) is 14.7. The lowest BCUT2D eigenvalue weighted by atomic mass is 10.3. The summed E-state index contributed by atoms with van der Waals surface area (Å²) in [7, 11) is -2.70. The van der Waals surface area contributed by atoms with Crippen LogP contribution in [0.5, 0.6) is 5.75 Å². The Morgan fingerprint density at radius 1 is 1.56 bits per heavy atom. The van der Waals surface area contributed by atoms with Gasteiger partial charge in [-0.15, -0.1) is 0 Å². The largest absolute Gasteiger partial charge is 0.492 e. The molecular weight excluding hydrogens is 263 g/mol. The smallest absolute Gasteiger partial charge is 0.241 e. The minimum Gasteiger partial charge on any atom is -0.492 e. The van der Waals surface area contributed by atoms with Crippen molar-refractivity contribution >= 4 is 15.7 Å². The van der Waals surface area contributed by atoms with Crippen LogP contribution in [-0.2, 0) is 10.0 Å². The van der Waals surface area contributed by atoms with Crippen molar-refractivity contribution in [2.45, 2.75) is 17.9 Å². The molecule has 0 spiro atoms. The van der Waals surface area contributed by atoms with Gasteiger partial charge in [-0.3, -0.25) is 0 Å². The van der Waals surface area contributed by atoms with E-state index in [1.165, 1.54) is 14.0 Å². The van der Waals surface area contributed by atoms with Gasteiger partial charge < -0.3 is 15.6 Å². The SMILES string of the molecule is COc1c(N)cc(S(=O)(=O)N[C@H](C)CO)cc1F. The van der Waals surface area contributed by atoms with Gasteiger partial charge in [0.2, 0.25) is 10.0 Å². The number of halogens is 1. The van der Waals surface area contributed by atoms with E-state index in [1.54, 1.807) is 0 Å². The zero-order valence-corrected chi connectivity index (χ0v) is 10.8. The quantitative estimate of drug-likeness (QED) is 0.662. The number of hydrogen-bond donors (Lipinski definition) is 3. The molecule has 0 unspecified atom stereocenters. The summed E-state index contributed by atoms with van der Waals surface area (Å²) in [6.45, 7) is 1.11. The molecule has 0 aliphatic carbocycles. The van der Waals surface area contributed by atoms with Crippen LogP contribution in [0.15, 0.2) is 17.0 Å². The van der Waals surface area contributed by atoms with E-state index in [9.17, 15) is 12.8 Å². The molecule has 4 N–H and O–H groups in total. The molecule has 0 saturated carbocycles. The highest BCUT2D eigenvalue weighted by Gasteiger charge is 2.20. The number of hydrogen-bond acceptors (Lipinski definition) is 5. The Labute approximate surface area is 105 Å². The number of nitrogens with one attached hydrogen (secondary N) is 1. The Bertz CT molecular complexity index is 510. The first-order valence-corrected chi connectivity index (χ1v) is 6.56. The van der Waals surface area contributed by atoms with Crippen molar-refractivity contribution in [3.05, 3.63) is 17.9 Å². The van der Waals surface area contributed by atoms with Crippen LogP contribution in [-0.4, -0.2) is 33.3 Å². The molecule has 1 aromatic carbocycles. The van der Waals surface area contributed by atoms with Crippen molar-refractivity contribution in [3.63, 3.8) is 0 Å². The highest BCUT2D eigenvalue weighted by atomic mass is 32.2. The number of aliphatic hydroxyl groups excluding tert-OH is 1. The maximum Gasteiger partial charge on any atom is 0.241 e. The van der Waals surface area contributed by atoms with Crippen LogP contribution in [0, 0.1) is 5.82 Å². The topological polar surface area (TPSA) is 102 Å². The van der Waals surface area contributed by atoms with Gasteiger partial charge in [0, 0.05) is 6.04 Å². The normalized spacial score (nSPS) is 13.3. The van der Waals surface area contributed by atoms with Gasteiger partial charge >= 0.3 is 0 Å². The minimum atomic E-state index is -3.93. The van der Waals surface area contributed by atoms with Gasteiger partial charge in [0.25, 0.3) is 0 Å². The zero-order chi connectivity index (χ0) is 13.9. The molecule has 8 heteroatoms. The summed E-state index contributed by atoms with van der Waals surface area (Å²) in [5.74, 6) is -1.07. The first-order valence-electron chi connectivity index (χ1n) is 5.08. The fourth-order valence-corrected chi connectivity index (χ4v) is 2.61. The second-order valence-corrected chi connectivity index (χ2v) is 5.45. The van der Waals surface area contributed by atoms with Gasteiger partial charge in [-0.2, -0.15) is 0 Å². The summed E-state index contributed by atoms with van der Waals surface area (Å²) >= 11 is 0. The monoisotopic (exact) mass is 278 g/mol. The maximum atomic E-state index is 13.5. The summed E-state index contributed by atoms with van der Waals surface area (Å²) in [5.41, 5.74) is 5.37. The van der Waals surface area contributed by atoms with Crippen LogP contribution in [0.3, 0.4) is 0 Å². The maximum absolute atomic E-state index is 13.5. The molecule has 1 aromatic rings. The number of anilines is 1. The van der Waals surface area contributed by atoms with E-state index in [4.69, 9.17) is 15.6 Å². The molecule has 102 valence electrons. The Balaban J connectivity index is 3.18. The van der Waals surface area contributed by atoms with E-state index < -0.39 is 21.9 Å². The minimum absolute atomic E-state index is 0.116. The second-order valence-electron chi connectivity index (χ2n) is 3.73. The molecule has 6 nitrogen and oxygen atoms in total. The van der Waals surface area contributed by atoms with E-state index in [1.807, 2.05) is 0 Å². The predicted octanol–water partition coefficient (Wildman–Crippen LogP) is 0.0756. The molecule has 0 saturated heterocycles. The van der Waals surface area contributed by atoms with Crippen LogP contribution in [0.1, 0.15) is 6.92 Å². The van der Waals surface area contributed by atoms with Gasteiger partial charge in [-0.25, -0.2) is 17.5 Å². The Morgan fingerprint density at radius 2 is 2.17 bits per heavy atom. The summed E-state index contributed by atoms with van der Waals surface area (Å²) in [5, 5.41) is 8.79. The Kier molecular flexibility index (Phi) is 4.49. The molecular formula is C10H15FN2O4S. The van der Waals surface area contributed by atoms with Crippen LogP contribution in [0.4, 0.5) is 10.1 Å². The van der Waals surface area contributed by atoms with Gasteiger partial charge in [0.15, 0.2) is 11.6 Å². The van der Waals surface area contributed by atoms with Gasteiger partial charge in [0.05, 0.1) is 24.3 Å². The molecule has 18 heavy (non-hydrogen) atoms. The predicted molar refractivity (Wildman–Crippen MR) is 64.2 cm³/mol. The third-order valence-electron chi connectivity index (χ3n) is 2.19. The van der Waals surface area contributed by atoms with Crippen molar-refractivity contribution in [3.8, 4) is 5.75 Å². The average Bonchev–Trinajstić information content (AvgIpc) is 2.27. The van der Waals surface area contributed by atoms with E-state index in [0.29, 0.717) is 0 Å².